The van der Waals surface area contributed by atoms with Gasteiger partial charge in [-0.2, -0.15) is 0 Å². The van der Waals surface area contributed by atoms with E-state index in [1.54, 1.807) is 0 Å². The predicted octanol–water partition coefficient (Wildman–Crippen LogP) is 3.40. The molecule has 152 valence electrons. The Morgan fingerprint density at radius 1 is 1.17 bits per heavy atom. The highest BCUT2D eigenvalue weighted by Crippen LogP contribution is 2.24. The van der Waals surface area contributed by atoms with Crippen LogP contribution < -0.4 is 10.9 Å². The van der Waals surface area contributed by atoms with E-state index >= 15 is 0 Å². The van der Waals surface area contributed by atoms with Crippen molar-refractivity contribution in [2.75, 3.05) is 11.1 Å². The second-order valence-corrected chi connectivity index (χ2v) is 7.36. The van der Waals surface area contributed by atoms with E-state index in [-0.39, 0.29) is 17.0 Å². The van der Waals surface area contributed by atoms with Gasteiger partial charge in [-0.05, 0) is 24.6 Å². The summed E-state index contributed by atoms with van der Waals surface area (Å²) < 4.78 is 28.4. The number of nitrogens with one attached hydrogen (secondary N) is 2. The van der Waals surface area contributed by atoms with Gasteiger partial charge in [0, 0.05) is 17.7 Å². The Morgan fingerprint density at radius 2 is 1.97 bits per heavy atom. The molecule has 1 amide bonds. The molecule has 0 aliphatic rings. The summed E-state index contributed by atoms with van der Waals surface area (Å²) in [5, 5.41) is 5.24. The number of hydrogen-bond acceptors (Lipinski definition) is 5. The third-order valence-electron chi connectivity index (χ3n) is 4.25. The van der Waals surface area contributed by atoms with Crippen molar-refractivity contribution < 1.29 is 13.6 Å². The molecule has 7 nitrogen and oxygen atoms in total. The van der Waals surface area contributed by atoms with Crippen LogP contribution in [0.25, 0.3) is 17.0 Å². The molecule has 0 aliphatic heterocycles. The van der Waals surface area contributed by atoms with Gasteiger partial charge in [-0.3, -0.25) is 14.7 Å². The molecule has 0 saturated heterocycles. The Hall–Kier alpha value is -3.53. The first-order valence-electron chi connectivity index (χ1n) is 8.84. The summed E-state index contributed by atoms with van der Waals surface area (Å²) in [7, 11) is 0. The Morgan fingerprint density at radius 3 is 2.77 bits per heavy atom. The molecule has 0 fully saturated rings. The summed E-state index contributed by atoms with van der Waals surface area (Å²) in [6, 6.07) is 11.7. The highest BCUT2D eigenvalue weighted by atomic mass is 32.2. The average molecular weight is 427 g/mol. The third kappa shape index (κ3) is 4.08. The molecule has 2 heterocycles. The number of aromatic nitrogens is 4. The van der Waals surface area contributed by atoms with E-state index in [1.807, 2.05) is 31.2 Å². The summed E-state index contributed by atoms with van der Waals surface area (Å²) in [5.74, 6) is -1.69. The lowest BCUT2D eigenvalue weighted by Gasteiger charge is -2.09. The van der Waals surface area contributed by atoms with Crippen molar-refractivity contribution in [1.29, 1.82) is 0 Å². The van der Waals surface area contributed by atoms with Crippen molar-refractivity contribution in [1.82, 2.24) is 19.6 Å². The van der Waals surface area contributed by atoms with Gasteiger partial charge < -0.3 is 5.32 Å². The van der Waals surface area contributed by atoms with Gasteiger partial charge in [0.15, 0.2) is 16.6 Å². The standard InChI is InChI=1S/C20H15F2N5O2S/c1-11-4-2-3-5-13(11)19-24-16-9-17(28)26-27(16)20(25-19)30-10-18(29)23-15-8-12(21)6-7-14(15)22/h2-9H,10H2,1H3,(H,23,29)(H,26,28). The van der Waals surface area contributed by atoms with Crippen LogP contribution in [0.1, 0.15) is 5.56 Å². The number of thioether (sulfide) groups is 1. The van der Waals surface area contributed by atoms with Gasteiger partial charge in [0.25, 0.3) is 5.56 Å². The minimum absolute atomic E-state index is 0.143. The quantitative estimate of drug-likeness (QED) is 0.477. The van der Waals surface area contributed by atoms with Gasteiger partial charge in [-0.15, -0.1) is 0 Å². The van der Waals surface area contributed by atoms with E-state index in [4.69, 9.17) is 0 Å². The Labute approximate surface area is 173 Å². The van der Waals surface area contributed by atoms with Crippen molar-refractivity contribution in [3.05, 3.63) is 76.1 Å². The van der Waals surface area contributed by atoms with E-state index in [2.05, 4.69) is 20.4 Å². The molecule has 0 aliphatic carbocycles. The van der Waals surface area contributed by atoms with Crippen LogP contribution in [0.2, 0.25) is 0 Å². The molecule has 0 atom stereocenters. The Balaban J connectivity index is 1.62. The molecule has 2 aromatic heterocycles. The lowest BCUT2D eigenvalue weighted by molar-refractivity contribution is -0.113. The maximum absolute atomic E-state index is 13.7. The molecule has 0 unspecified atom stereocenters. The molecule has 2 aromatic carbocycles. The van der Waals surface area contributed by atoms with Gasteiger partial charge in [0.05, 0.1) is 11.4 Å². The van der Waals surface area contributed by atoms with Gasteiger partial charge in [0.1, 0.15) is 11.6 Å². The van der Waals surface area contributed by atoms with Gasteiger partial charge in [-0.25, -0.2) is 23.3 Å². The molecule has 0 bridgehead atoms. The van der Waals surface area contributed by atoms with Crippen LogP contribution in [0.5, 0.6) is 0 Å². The molecule has 0 spiro atoms. The highest BCUT2D eigenvalue weighted by molar-refractivity contribution is 7.99. The number of anilines is 1. The fraction of sp³-hybridized carbons (Fsp3) is 0.100. The van der Waals surface area contributed by atoms with Crippen LogP contribution in [0.15, 0.2) is 58.5 Å². The number of rotatable bonds is 5. The number of amides is 1. The molecule has 30 heavy (non-hydrogen) atoms. The molecule has 2 N–H and O–H groups in total. The van der Waals surface area contributed by atoms with Crippen LogP contribution in [-0.4, -0.2) is 31.2 Å². The molecular formula is C20H15F2N5O2S. The van der Waals surface area contributed by atoms with Gasteiger partial charge in [-0.1, -0.05) is 36.0 Å². The zero-order valence-corrected chi connectivity index (χ0v) is 16.5. The van der Waals surface area contributed by atoms with Crippen LogP contribution >= 0.6 is 11.8 Å². The SMILES string of the molecule is Cc1ccccc1-c1nc(SCC(=O)Nc2cc(F)ccc2F)n2[nH]c(=O)cc2n1. The van der Waals surface area contributed by atoms with E-state index in [9.17, 15) is 18.4 Å². The van der Waals surface area contributed by atoms with Crippen molar-refractivity contribution in [2.45, 2.75) is 12.1 Å². The number of benzene rings is 2. The van der Waals surface area contributed by atoms with E-state index in [0.29, 0.717) is 16.6 Å². The van der Waals surface area contributed by atoms with Crippen LogP contribution in [0, 0.1) is 18.6 Å². The van der Waals surface area contributed by atoms with E-state index in [1.165, 1.54) is 10.6 Å². The maximum atomic E-state index is 13.7. The zero-order chi connectivity index (χ0) is 21.3. The van der Waals surface area contributed by atoms with Crippen LogP contribution in [-0.2, 0) is 4.79 Å². The van der Waals surface area contributed by atoms with Crippen LogP contribution in [0.4, 0.5) is 14.5 Å². The fourth-order valence-corrected chi connectivity index (χ4v) is 3.59. The second-order valence-electron chi connectivity index (χ2n) is 6.42. The number of hydrogen-bond donors (Lipinski definition) is 2. The number of fused-ring (bicyclic) bond motifs is 1. The fourth-order valence-electron chi connectivity index (χ4n) is 2.83. The first-order chi connectivity index (χ1) is 14.4. The topological polar surface area (TPSA) is 92.2 Å². The molecule has 0 saturated carbocycles. The number of nitrogens with zero attached hydrogens (tertiary/aromatic N) is 3. The summed E-state index contributed by atoms with van der Waals surface area (Å²) in [4.78, 5) is 33.0. The Bertz CT molecular complexity index is 1320. The van der Waals surface area contributed by atoms with Crippen molar-refractivity contribution >= 4 is 29.0 Å². The van der Waals surface area contributed by atoms with E-state index in [0.717, 1.165) is 41.1 Å². The summed E-state index contributed by atoms with van der Waals surface area (Å²) in [5.41, 5.74) is 1.49. The van der Waals surface area contributed by atoms with Crippen LogP contribution in [0.3, 0.4) is 0 Å². The number of halogens is 2. The average Bonchev–Trinajstić information content (AvgIpc) is 3.09. The van der Waals surface area contributed by atoms with Crippen molar-refractivity contribution in [2.24, 2.45) is 0 Å². The minimum atomic E-state index is -0.740. The minimum Gasteiger partial charge on any atom is -0.323 e. The maximum Gasteiger partial charge on any atom is 0.266 e. The molecule has 0 radical (unpaired) electrons. The normalized spacial score (nSPS) is 11.0. The number of aryl methyl sites for hydroxylation is 1. The first-order valence-corrected chi connectivity index (χ1v) is 9.83. The molecule has 10 heteroatoms. The molecular weight excluding hydrogens is 412 g/mol. The summed E-state index contributed by atoms with van der Waals surface area (Å²) in [6.45, 7) is 1.92. The van der Waals surface area contributed by atoms with E-state index < -0.39 is 17.5 Å². The van der Waals surface area contributed by atoms with Gasteiger partial charge >= 0.3 is 0 Å². The highest BCUT2D eigenvalue weighted by Gasteiger charge is 2.15. The number of H-pyrrole nitrogens is 1. The summed E-state index contributed by atoms with van der Waals surface area (Å²) >= 11 is 1.03. The van der Waals surface area contributed by atoms with Crippen molar-refractivity contribution in [3.8, 4) is 11.4 Å². The van der Waals surface area contributed by atoms with Gasteiger partial charge in [0.2, 0.25) is 5.91 Å². The third-order valence-corrected chi connectivity index (χ3v) is 5.18. The summed E-state index contributed by atoms with van der Waals surface area (Å²) in [6.07, 6.45) is 0. The lowest BCUT2D eigenvalue weighted by Crippen LogP contribution is -2.16. The second kappa shape index (κ2) is 8.07. The number of carbonyl (C=O) groups excluding carboxylic acids is 1. The predicted molar refractivity (Wildman–Crippen MR) is 109 cm³/mol. The molecule has 4 rings (SSSR count). The smallest absolute Gasteiger partial charge is 0.266 e. The number of carbonyl (C=O) groups is 1. The Kier molecular flexibility index (Phi) is 5.32. The molecule has 4 aromatic rings. The monoisotopic (exact) mass is 427 g/mol. The van der Waals surface area contributed by atoms with Crippen molar-refractivity contribution in [3.63, 3.8) is 0 Å². The largest absolute Gasteiger partial charge is 0.323 e. The lowest BCUT2D eigenvalue weighted by atomic mass is 10.1. The zero-order valence-electron chi connectivity index (χ0n) is 15.6. The first kappa shape index (κ1) is 19.8. The number of aromatic amines is 1.